The van der Waals surface area contributed by atoms with Gasteiger partial charge in [0.15, 0.2) is 0 Å². The summed E-state index contributed by atoms with van der Waals surface area (Å²) in [5.41, 5.74) is 6.25. The molecule has 1 aromatic rings. The zero-order valence-corrected chi connectivity index (χ0v) is 8.86. The number of rotatable bonds is 4. The highest BCUT2D eigenvalue weighted by Crippen LogP contribution is 2.18. The first-order valence-electron chi connectivity index (χ1n) is 4.76. The molecule has 0 radical (unpaired) electrons. The molecule has 0 aliphatic carbocycles. The number of pyridine rings is 1. The monoisotopic (exact) mass is 206 g/mol. The van der Waals surface area contributed by atoms with Crippen molar-refractivity contribution < 1.29 is 9.59 Å². The van der Waals surface area contributed by atoms with Gasteiger partial charge in [0.2, 0.25) is 0 Å². The Morgan fingerprint density at radius 2 is 2.13 bits per heavy atom. The third-order valence-corrected chi connectivity index (χ3v) is 2.20. The maximum absolute atomic E-state index is 10.9. The average molecular weight is 206 g/mol. The number of nitrogens with zero attached hydrogens (tertiary/aromatic N) is 1. The number of primary amides is 1. The Bertz CT molecular complexity index is 371. The van der Waals surface area contributed by atoms with E-state index in [1.54, 1.807) is 25.3 Å². The lowest BCUT2D eigenvalue weighted by Crippen LogP contribution is -2.13. The number of hydrogen-bond acceptors (Lipinski definition) is 3. The molecule has 4 heteroatoms. The Hall–Kier alpha value is -1.71. The van der Waals surface area contributed by atoms with E-state index < -0.39 is 5.91 Å². The first-order chi connectivity index (χ1) is 7.00. The summed E-state index contributed by atoms with van der Waals surface area (Å²) in [6.45, 7) is 3.50. The van der Waals surface area contributed by atoms with E-state index >= 15 is 0 Å². The van der Waals surface area contributed by atoms with Crippen LogP contribution in [0.3, 0.4) is 0 Å². The Labute approximate surface area is 88.5 Å². The van der Waals surface area contributed by atoms with Crippen molar-refractivity contribution in [2.45, 2.75) is 26.2 Å². The number of ketones is 1. The molecule has 1 atom stereocenters. The van der Waals surface area contributed by atoms with Gasteiger partial charge in [0.25, 0.3) is 5.91 Å². The number of nitrogens with two attached hydrogens (primary N) is 1. The number of aromatic nitrogens is 1. The number of carbonyl (C=O) groups excluding carboxylic acids is 2. The molecule has 0 saturated heterocycles. The molecule has 1 aromatic heterocycles. The molecule has 80 valence electrons. The number of carbonyl (C=O) groups is 2. The minimum atomic E-state index is -0.541. The summed E-state index contributed by atoms with van der Waals surface area (Å²) in [5.74, 6) is -0.279. The fourth-order valence-corrected chi connectivity index (χ4v) is 1.39. The minimum Gasteiger partial charge on any atom is -0.364 e. The molecule has 15 heavy (non-hydrogen) atoms. The summed E-state index contributed by atoms with van der Waals surface area (Å²) < 4.78 is 0. The van der Waals surface area contributed by atoms with E-state index in [-0.39, 0.29) is 17.4 Å². The Morgan fingerprint density at radius 3 is 2.53 bits per heavy atom. The van der Waals surface area contributed by atoms with Crippen molar-refractivity contribution in [2.75, 3.05) is 0 Å². The zero-order chi connectivity index (χ0) is 11.4. The summed E-state index contributed by atoms with van der Waals surface area (Å²) in [7, 11) is 0. The minimum absolute atomic E-state index is 0.122. The molecule has 0 fully saturated rings. The Morgan fingerprint density at radius 1 is 1.47 bits per heavy atom. The summed E-state index contributed by atoms with van der Waals surface area (Å²) >= 11 is 0. The van der Waals surface area contributed by atoms with Crippen LogP contribution >= 0.6 is 0 Å². The third-order valence-electron chi connectivity index (χ3n) is 2.20. The van der Waals surface area contributed by atoms with Crippen LogP contribution in [-0.2, 0) is 4.79 Å². The van der Waals surface area contributed by atoms with Crippen LogP contribution in [0.25, 0.3) is 0 Å². The van der Waals surface area contributed by atoms with Crippen molar-refractivity contribution in [2.24, 2.45) is 5.73 Å². The summed E-state index contributed by atoms with van der Waals surface area (Å²) in [5, 5.41) is 0. The lowest BCUT2D eigenvalue weighted by Gasteiger charge is -2.08. The van der Waals surface area contributed by atoms with Crippen molar-refractivity contribution in [1.82, 2.24) is 4.98 Å². The van der Waals surface area contributed by atoms with Crippen LogP contribution in [0.15, 0.2) is 18.3 Å². The van der Waals surface area contributed by atoms with Crippen molar-refractivity contribution in [1.29, 1.82) is 0 Å². The van der Waals surface area contributed by atoms with E-state index in [1.807, 2.05) is 6.92 Å². The molecule has 2 N–H and O–H groups in total. The predicted octanol–water partition coefficient (Wildman–Crippen LogP) is 1.26. The summed E-state index contributed by atoms with van der Waals surface area (Å²) in [6.07, 6.45) is 2.07. The quantitative estimate of drug-likeness (QED) is 0.806. The highest BCUT2D eigenvalue weighted by Gasteiger charge is 2.09. The average Bonchev–Trinajstić information content (AvgIpc) is 2.17. The van der Waals surface area contributed by atoms with Crippen molar-refractivity contribution >= 4 is 11.7 Å². The second kappa shape index (κ2) is 4.68. The zero-order valence-electron chi connectivity index (χ0n) is 8.86. The largest absolute Gasteiger partial charge is 0.364 e. The van der Waals surface area contributed by atoms with Gasteiger partial charge in [-0.15, -0.1) is 0 Å². The van der Waals surface area contributed by atoms with E-state index in [9.17, 15) is 9.59 Å². The standard InChI is InChI=1S/C11H14N2O2/c1-7(5-8(2)14)9-3-4-10(11(12)15)13-6-9/h3-4,6-7H,5H2,1-2H3,(H2,12,15). The smallest absolute Gasteiger partial charge is 0.267 e. The fourth-order valence-electron chi connectivity index (χ4n) is 1.39. The second-order valence-corrected chi connectivity index (χ2v) is 3.65. The van der Waals surface area contributed by atoms with Gasteiger partial charge in [0.05, 0.1) is 0 Å². The lowest BCUT2D eigenvalue weighted by molar-refractivity contribution is -0.117. The Balaban J connectivity index is 2.79. The van der Waals surface area contributed by atoms with Crippen LogP contribution in [0.4, 0.5) is 0 Å². The SMILES string of the molecule is CC(=O)CC(C)c1ccc(C(N)=O)nc1. The van der Waals surface area contributed by atoms with E-state index in [1.165, 1.54) is 0 Å². The van der Waals surface area contributed by atoms with Gasteiger partial charge in [-0.05, 0) is 24.5 Å². The van der Waals surface area contributed by atoms with Gasteiger partial charge >= 0.3 is 0 Å². The van der Waals surface area contributed by atoms with Gasteiger partial charge in [-0.3, -0.25) is 9.78 Å². The molecule has 1 unspecified atom stereocenters. The van der Waals surface area contributed by atoms with E-state index in [2.05, 4.69) is 4.98 Å². The molecule has 0 spiro atoms. The summed E-state index contributed by atoms with van der Waals surface area (Å²) in [6, 6.07) is 3.36. The molecule has 1 rings (SSSR count). The van der Waals surface area contributed by atoms with Crippen LogP contribution in [-0.4, -0.2) is 16.7 Å². The normalized spacial score (nSPS) is 12.1. The maximum Gasteiger partial charge on any atom is 0.267 e. The number of amides is 1. The molecular formula is C11H14N2O2. The molecule has 4 nitrogen and oxygen atoms in total. The van der Waals surface area contributed by atoms with Crippen molar-refractivity contribution in [3.63, 3.8) is 0 Å². The highest BCUT2D eigenvalue weighted by molar-refractivity contribution is 5.90. The van der Waals surface area contributed by atoms with Crippen LogP contribution in [0.5, 0.6) is 0 Å². The lowest BCUT2D eigenvalue weighted by atomic mass is 9.97. The molecule has 1 heterocycles. The predicted molar refractivity (Wildman–Crippen MR) is 56.5 cm³/mol. The maximum atomic E-state index is 10.9. The number of Topliss-reactive ketones (excluding diaryl/α,β-unsaturated/α-hetero) is 1. The topological polar surface area (TPSA) is 73.1 Å². The third kappa shape index (κ3) is 3.16. The first kappa shape index (κ1) is 11.4. The van der Waals surface area contributed by atoms with Crippen molar-refractivity contribution in [3.8, 4) is 0 Å². The van der Waals surface area contributed by atoms with E-state index in [4.69, 9.17) is 5.73 Å². The molecule has 0 bridgehead atoms. The van der Waals surface area contributed by atoms with Gasteiger partial charge < -0.3 is 10.5 Å². The molecule has 1 amide bonds. The van der Waals surface area contributed by atoms with E-state index in [0.29, 0.717) is 6.42 Å². The van der Waals surface area contributed by atoms with Crippen LogP contribution < -0.4 is 5.73 Å². The van der Waals surface area contributed by atoms with Gasteiger partial charge in [-0.1, -0.05) is 13.0 Å². The van der Waals surface area contributed by atoms with Crippen LogP contribution in [0.1, 0.15) is 42.2 Å². The second-order valence-electron chi connectivity index (χ2n) is 3.65. The van der Waals surface area contributed by atoms with Crippen molar-refractivity contribution in [3.05, 3.63) is 29.6 Å². The van der Waals surface area contributed by atoms with Crippen LogP contribution in [0.2, 0.25) is 0 Å². The highest BCUT2D eigenvalue weighted by atomic mass is 16.1. The molecule has 0 saturated carbocycles. The van der Waals surface area contributed by atoms with Gasteiger partial charge in [0, 0.05) is 12.6 Å². The Kier molecular flexibility index (Phi) is 3.55. The molecule has 0 aliphatic rings. The molecular weight excluding hydrogens is 192 g/mol. The van der Waals surface area contributed by atoms with Gasteiger partial charge in [-0.2, -0.15) is 0 Å². The van der Waals surface area contributed by atoms with Gasteiger partial charge in [0.1, 0.15) is 11.5 Å². The van der Waals surface area contributed by atoms with Gasteiger partial charge in [-0.25, -0.2) is 0 Å². The number of hydrogen-bond donors (Lipinski definition) is 1. The summed E-state index contributed by atoms with van der Waals surface area (Å²) in [4.78, 5) is 25.6. The van der Waals surface area contributed by atoms with E-state index in [0.717, 1.165) is 5.56 Å². The molecule has 0 aliphatic heterocycles. The first-order valence-corrected chi connectivity index (χ1v) is 4.76. The fraction of sp³-hybridized carbons (Fsp3) is 0.364. The van der Waals surface area contributed by atoms with Crippen LogP contribution in [0, 0.1) is 0 Å². The molecule has 0 aromatic carbocycles.